The minimum absolute atomic E-state index is 0.0593. The van der Waals surface area contributed by atoms with E-state index in [9.17, 15) is 14.9 Å². The molecule has 2 atom stereocenters. The van der Waals surface area contributed by atoms with Crippen LogP contribution in [0.4, 0.5) is 5.69 Å². The van der Waals surface area contributed by atoms with Gasteiger partial charge in [0.05, 0.1) is 31.9 Å². The fourth-order valence-corrected chi connectivity index (χ4v) is 4.28. The topological polar surface area (TPSA) is 88.0 Å². The highest BCUT2D eigenvalue weighted by Gasteiger charge is 2.34. The number of fused-ring (bicyclic) bond motifs is 1. The molecule has 8 heteroatoms. The van der Waals surface area contributed by atoms with Crippen molar-refractivity contribution in [1.29, 1.82) is 0 Å². The summed E-state index contributed by atoms with van der Waals surface area (Å²) < 4.78 is 12.4. The van der Waals surface area contributed by atoms with Crippen LogP contribution in [0.2, 0.25) is 0 Å². The number of nitrogens with one attached hydrogen (secondary N) is 1. The largest absolute Gasteiger partial charge is 0.493 e. The summed E-state index contributed by atoms with van der Waals surface area (Å²) in [6.07, 6.45) is 2.11. The monoisotopic (exact) mass is 422 g/mol. The van der Waals surface area contributed by atoms with Crippen molar-refractivity contribution in [3.63, 3.8) is 0 Å². The Balaban J connectivity index is 1.80. The second-order valence-electron chi connectivity index (χ2n) is 7.52. The van der Waals surface area contributed by atoms with Crippen molar-refractivity contribution >= 4 is 5.69 Å². The number of pyridine rings is 1. The normalized spacial score (nSPS) is 17.6. The summed E-state index contributed by atoms with van der Waals surface area (Å²) in [4.78, 5) is 24.3. The molecule has 2 heterocycles. The summed E-state index contributed by atoms with van der Waals surface area (Å²) in [6, 6.07) is 16.5. The van der Waals surface area contributed by atoms with E-state index in [0.29, 0.717) is 18.2 Å². The van der Waals surface area contributed by atoms with E-state index in [0.717, 1.165) is 29.0 Å². The molecule has 160 valence electrons. The maximum absolute atomic E-state index is 12.4. The minimum Gasteiger partial charge on any atom is -0.493 e. The molecule has 1 unspecified atom stereocenters. The van der Waals surface area contributed by atoms with Crippen molar-refractivity contribution in [3.05, 3.63) is 98.0 Å². The van der Waals surface area contributed by atoms with Crippen LogP contribution >= 0.6 is 0 Å². The summed E-state index contributed by atoms with van der Waals surface area (Å²) in [5.41, 5.74) is 3.01. The average Bonchev–Trinajstić information content (AvgIpc) is 2.79. The number of hydrogen-bond donors (Lipinski definition) is 1. The number of hydrogen-bond acceptors (Lipinski definition) is 5. The van der Waals surface area contributed by atoms with Crippen molar-refractivity contribution < 1.29 is 19.3 Å². The zero-order chi connectivity index (χ0) is 22.0. The lowest BCUT2D eigenvalue weighted by Gasteiger charge is -2.35. The number of rotatable bonds is 6. The van der Waals surface area contributed by atoms with Gasteiger partial charge in [-0.1, -0.05) is 30.3 Å². The van der Waals surface area contributed by atoms with Gasteiger partial charge in [0.2, 0.25) is 0 Å². The van der Waals surface area contributed by atoms with Gasteiger partial charge >= 0.3 is 0 Å². The molecular formula is C23H24N3O5+. The van der Waals surface area contributed by atoms with Crippen LogP contribution in [0.5, 0.6) is 11.5 Å². The van der Waals surface area contributed by atoms with Gasteiger partial charge in [-0.15, -0.1) is 0 Å². The maximum Gasteiger partial charge on any atom is 0.285 e. The average molecular weight is 422 g/mol. The van der Waals surface area contributed by atoms with Gasteiger partial charge in [0, 0.05) is 29.7 Å². The van der Waals surface area contributed by atoms with Gasteiger partial charge in [-0.25, -0.2) is 0 Å². The molecule has 0 fully saturated rings. The van der Waals surface area contributed by atoms with E-state index in [-0.39, 0.29) is 17.3 Å². The van der Waals surface area contributed by atoms with Gasteiger partial charge in [-0.05, 0) is 17.7 Å². The van der Waals surface area contributed by atoms with E-state index in [1.165, 1.54) is 28.5 Å². The number of nitrogens with zero attached hydrogens (tertiary/aromatic N) is 2. The summed E-state index contributed by atoms with van der Waals surface area (Å²) in [7, 11) is 3.23. The van der Waals surface area contributed by atoms with Crippen molar-refractivity contribution in [1.82, 2.24) is 4.57 Å². The second-order valence-corrected chi connectivity index (χ2v) is 7.52. The molecule has 1 aliphatic heterocycles. The predicted molar refractivity (Wildman–Crippen MR) is 115 cm³/mol. The number of methoxy groups -OCH3 is 2. The van der Waals surface area contributed by atoms with Crippen LogP contribution < -0.4 is 19.9 Å². The Morgan fingerprint density at radius 3 is 2.48 bits per heavy atom. The van der Waals surface area contributed by atoms with E-state index in [2.05, 4.69) is 12.1 Å². The molecule has 0 spiro atoms. The van der Waals surface area contributed by atoms with Crippen LogP contribution in [0, 0.1) is 10.1 Å². The zero-order valence-electron chi connectivity index (χ0n) is 17.4. The molecule has 1 aromatic heterocycles. The van der Waals surface area contributed by atoms with E-state index >= 15 is 0 Å². The van der Waals surface area contributed by atoms with Crippen LogP contribution in [-0.2, 0) is 13.1 Å². The molecule has 0 aliphatic carbocycles. The summed E-state index contributed by atoms with van der Waals surface area (Å²) >= 11 is 0. The number of benzene rings is 2. The van der Waals surface area contributed by atoms with E-state index in [1.807, 2.05) is 30.3 Å². The van der Waals surface area contributed by atoms with E-state index < -0.39 is 4.92 Å². The van der Waals surface area contributed by atoms with Crippen LogP contribution in [0.3, 0.4) is 0 Å². The molecule has 0 radical (unpaired) electrons. The van der Waals surface area contributed by atoms with E-state index in [4.69, 9.17) is 9.47 Å². The third kappa shape index (κ3) is 4.02. The molecule has 1 N–H and O–H groups in total. The van der Waals surface area contributed by atoms with Gasteiger partial charge in [-0.2, -0.15) is 0 Å². The molecule has 0 saturated heterocycles. The lowest BCUT2D eigenvalue weighted by Crippen LogP contribution is -3.13. The molecule has 0 bridgehead atoms. The van der Waals surface area contributed by atoms with Gasteiger partial charge in [0.15, 0.2) is 18.2 Å². The predicted octanol–water partition coefficient (Wildman–Crippen LogP) is 1.96. The number of quaternary nitrogens is 1. The SMILES string of the molecule is COc1cc2c(cc1OC)[C@H](c1ccccc1)[NH+](Cn1cc([N+](=O)[O-])ccc1=O)CC2. The molecule has 4 rings (SSSR count). The van der Waals surface area contributed by atoms with Crippen LogP contribution in [0.15, 0.2) is 65.6 Å². The minimum atomic E-state index is -0.484. The third-order valence-corrected chi connectivity index (χ3v) is 5.77. The Labute approximate surface area is 179 Å². The Morgan fingerprint density at radius 2 is 1.81 bits per heavy atom. The zero-order valence-corrected chi connectivity index (χ0v) is 17.4. The second kappa shape index (κ2) is 8.61. The first-order chi connectivity index (χ1) is 15.0. The summed E-state index contributed by atoms with van der Waals surface area (Å²) in [5, 5.41) is 11.2. The molecule has 0 amide bonds. The van der Waals surface area contributed by atoms with Gasteiger partial charge in [0.25, 0.3) is 11.2 Å². The van der Waals surface area contributed by atoms with Crippen molar-refractivity contribution in [3.8, 4) is 11.5 Å². The maximum atomic E-state index is 12.4. The Hall–Kier alpha value is -3.65. The lowest BCUT2D eigenvalue weighted by atomic mass is 9.88. The van der Waals surface area contributed by atoms with Crippen LogP contribution in [0.1, 0.15) is 22.7 Å². The smallest absolute Gasteiger partial charge is 0.285 e. The molecule has 0 saturated carbocycles. The van der Waals surface area contributed by atoms with Crippen LogP contribution in [0.25, 0.3) is 0 Å². The van der Waals surface area contributed by atoms with Gasteiger partial charge in [-0.3, -0.25) is 19.5 Å². The molecular weight excluding hydrogens is 398 g/mol. The fourth-order valence-electron chi connectivity index (χ4n) is 4.28. The molecule has 31 heavy (non-hydrogen) atoms. The Morgan fingerprint density at radius 1 is 1.10 bits per heavy atom. The summed E-state index contributed by atoms with van der Waals surface area (Å²) in [6.45, 7) is 1.07. The molecule has 1 aliphatic rings. The quantitative estimate of drug-likeness (QED) is 0.485. The van der Waals surface area contributed by atoms with Gasteiger partial charge in [0.1, 0.15) is 6.04 Å². The van der Waals surface area contributed by atoms with Crippen LogP contribution in [-0.4, -0.2) is 30.3 Å². The molecule has 2 aromatic carbocycles. The highest BCUT2D eigenvalue weighted by molar-refractivity contribution is 5.50. The molecule has 3 aromatic rings. The fraction of sp³-hybridized carbons (Fsp3) is 0.261. The highest BCUT2D eigenvalue weighted by Crippen LogP contribution is 2.36. The standard InChI is InChI=1S/C23H23N3O5/c1-30-20-12-17-10-11-24(15-25-14-18(26(28)29)8-9-22(25)27)23(16-6-4-3-5-7-16)19(17)13-21(20)31-2/h3-9,12-14,23H,10-11,15H2,1-2H3/p+1/t23-/m0/s1. The molecule has 8 nitrogen and oxygen atoms in total. The highest BCUT2D eigenvalue weighted by atomic mass is 16.6. The Kier molecular flexibility index (Phi) is 5.73. The van der Waals surface area contributed by atoms with Crippen molar-refractivity contribution in [2.75, 3.05) is 20.8 Å². The first kappa shape index (κ1) is 20.6. The lowest BCUT2D eigenvalue weighted by molar-refractivity contribution is -0.949. The first-order valence-corrected chi connectivity index (χ1v) is 10.0. The third-order valence-electron chi connectivity index (χ3n) is 5.77. The number of nitro groups is 1. The summed E-state index contributed by atoms with van der Waals surface area (Å²) in [5.74, 6) is 1.34. The first-order valence-electron chi connectivity index (χ1n) is 10.0. The van der Waals surface area contributed by atoms with E-state index in [1.54, 1.807) is 14.2 Å². The van der Waals surface area contributed by atoms with Crippen molar-refractivity contribution in [2.45, 2.75) is 19.1 Å². The van der Waals surface area contributed by atoms with Gasteiger partial charge < -0.3 is 14.4 Å². The number of ether oxygens (including phenoxy) is 2. The van der Waals surface area contributed by atoms with Crippen molar-refractivity contribution in [2.24, 2.45) is 0 Å². The Bertz CT molecular complexity index is 1160. The number of aromatic nitrogens is 1.